The highest BCUT2D eigenvalue weighted by molar-refractivity contribution is 5.40. The molecule has 1 N–H and O–H groups in total. The van der Waals surface area contributed by atoms with Gasteiger partial charge in [0.25, 0.3) is 0 Å². The van der Waals surface area contributed by atoms with Gasteiger partial charge in [-0.3, -0.25) is 4.98 Å². The van der Waals surface area contributed by atoms with E-state index in [-0.39, 0.29) is 0 Å². The summed E-state index contributed by atoms with van der Waals surface area (Å²) in [5.74, 6) is 0.993. The standard InChI is InChI=1S/C17H22N2O/c1-3-9-19-12-16-6-4-5-14(2)17(16)20-13-15-7-10-18-11-8-15/h4-8,10-11,19H,3,9,12-13H2,1-2H3. The predicted octanol–water partition coefficient (Wildman–Crippen LogP) is 3.47. The van der Waals surface area contributed by atoms with E-state index in [1.54, 1.807) is 12.4 Å². The molecule has 3 nitrogen and oxygen atoms in total. The first kappa shape index (κ1) is 14.5. The van der Waals surface area contributed by atoms with Crippen LogP contribution in [0.2, 0.25) is 0 Å². The van der Waals surface area contributed by atoms with Crippen LogP contribution in [0.4, 0.5) is 0 Å². The van der Waals surface area contributed by atoms with Crippen molar-refractivity contribution in [2.75, 3.05) is 6.54 Å². The first-order valence-electron chi connectivity index (χ1n) is 7.12. The summed E-state index contributed by atoms with van der Waals surface area (Å²) in [6.45, 7) is 6.71. The van der Waals surface area contributed by atoms with E-state index >= 15 is 0 Å². The average Bonchev–Trinajstić information content (AvgIpc) is 2.48. The lowest BCUT2D eigenvalue weighted by Crippen LogP contribution is -2.15. The van der Waals surface area contributed by atoms with Crippen LogP contribution in [-0.4, -0.2) is 11.5 Å². The molecular formula is C17H22N2O. The molecule has 2 rings (SSSR count). The topological polar surface area (TPSA) is 34.1 Å². The number of ether oxygens (including phenoxy) is 1. The van der Waals surface area contributed by atoms with Crippen molar-refractivity contribution in [1.82, 2.24) is 10.3 Å². The van der Waals surface area contributed by atoms with Gasteiger partial charge in [-0.1, -0.05) is 25.1 Å². The predicted molar refractivity (Wildman–Crippen MR) is 81.7 cm³/mol. The number of aromatic nitrogens is 1. The normalized spacial score (nSPS) is 10.5. The van der Waals surface area contributed by atoms with E-state index in [0.29, 0.717) is 6.61 Å². The summed E-state index contributed by atoms with van der Waals surface area (Å²) < 4.78 is 6.02. The maximum atomic E-state index is 6.02. The summed E-state index contributed by atoms with van der Waals surface area (Å²) in [5, 5.41) is 3.43. The van der Waals surface area contributed by atoms with E-state index in [4.69, 9.17) is 4.74 Å². The minimum absolute atomic E-state index is 0.578. The first-order chi connectivity index (χ1) is 9.81. The van der Waals surface area contributed by atoms with Crippen LogP contribution < -0.4 is 10.1 Å². The number of nitrogens with one attached hydrogen (secondary N) is 1. The van der Waals surface area contributed by atoms with Crippen LogP contribution in [0.1, 0.15) is 30.0 Å². The molecule has 0 saturated carbocycles. The summed E-state index contributed by atoms with van der Waals surface area (Å²) in [4.78, 5) is 4.02. The molecule has 20 heavy (non-hydrogen) atoms. The maximum absolute atomic E-state index is 6.02. The molecule has 0 saturated heterocycles. The van der Waals surface area contributed by atoms with Crippen molar-refractivity contribution in [2.24, 2.45) is 0 Å². The van der Waals surface area contributed by atoms with Crippen molar-refractivity contribution in [3.05, 3.63) is 59.4 Å². The van der Waals surface area contributed by atoms with E-state index < -0.39 is 0 Å². The van der Waals surface area contributed by atoms with Gasteiger partial charge in [-0.15, -0.1) is 0 Å². The van der Waals surface area contributed by atoms with Crippen molar-refractivity contribution in [1.29, 1.82) is 0 Å². The molecule has 0 aliphatic heterocycles. The van der Waals surface area contributed by atoms with Crippen LogP contribution in [0.3, 0.4) is 0 Å². The highest BCUT2D eigenvalue weighted by Gasteiger charge is 2.07. The molecule has 0 unspecified atom stereocenters. The molecule has 2 aromatic rings. The summed E-state index contributed by atoms with van der Waals surface area (Å²) in [6.07, 6.45) is 4.72. The molecule has 106 valence electrons. The Hall–Kier alpha value is -1.87. The molecule has 0 radical (unpaired) electrons. The summed E-state index contributed by atoms with van der Waals surface area (Å²) in [6, 6.07) is 10.3. The number of rotatable bonds is 7. The van der Waals surface area contributed by atoms with Gasteiger partial charge in [0.15, 0.2) is 0 Å². The molecule has 3 heteroatoms. The molecule has 1 aromatic heterocycles. The smallest absolute Gasteiger partial charge is 0.127 e. The molecule has 1 heterocycles. The molecule has 0 aliphatic carbocycles. The van der Waals surface area contributed by atoms with Crippen LogP contribution in [0.5, 0.6) is 5.75 Å². The average molecular weight is 270 g/mol. The molecule has 1 aromatic carbocycles. The van der Waals surface area contributed by atoms with E-state index in [1.165, 1.54) is 11.1 Å². The zero-order valence-electron chi connectivity index (χ0n) is 12.2. The molecule has 0 bridgehead atoms. The fraction of sp³-hybridized carbons (Fsp3) is 0.353. The summed E-state index contributed by atoms with van der Waals surface area (Å²) in [5.41, 5.74) is 3.53. The number of benzene rings is 1. The van der Waals surface area contributed by atoms with Gasteiger partial charge in [-0.25, -0.2) is 0 Å². The Kier molecular flexibility index (Phi) is 5.56. The number of hydrogen-bond donors (Lipinski definition) is 1. The molecule has 0 spiro atoms. The number of aryl methyl sites for hydroxylation is 1. The van der Waals surface area contributed by atoms with Crippen LogP contribution in [-0.2, 0) is 13.2 Å². The lowest BCUT2D eigenvalue weighted by Gasteiger charge is -2.14. The van der Waals surface area contributed by atoms with Gasteiger partial charge in [0.1, 0.15) is 12.4 Å². The fourth-order valence-electron chi connectivity index (χ4n) is 2.09. The monoisotopic (exact) mass is 270 g/mol. The minimum Gasteiger partial charge on any atom is -0.488 e. The fourth-order valence-corrected chi connectivity index (χ4v) is 2.09. The van der Waals surface area contributed by atoms with Crippen LogP contribution in [0, 0.1) is 6.92 Å². The Morgan fingerprint density at radius 2 is 1.95 bits per heavy atom. The third-order valence-corrected chi connectivity index (χ3v) is 3.17. The quantitative estimate of drug-likeness (QED) is 0.782. The molecule has 0 aliphatic rings. The molecule has 0 fully saturated rings. The van der Waals surface area contributed by atoms with Crippen molar-refractivity contribution in [3.63, 3.8) is 0 Å². The van der Waals surface area contributed by atoms with Gasteiger partial charge in [0, 0.05) is 24.5 Å². The number of pyridine rings is 1. The Balaban J connectivity index is 2.05. The van der Waals surface area contributed by atoms with E-state index in [9.17, 15) is 0 Å². The second-order valence-corrected chi connectivity index (χ2v) is 4.88. The lowest BCUT2D eigenvalue weighted by atomic mass is 10.1. The zero-order chi connectivity index (χ0) is 14.2. The lowest BCUT2D eigenvalue weighted by molar-refractivity contribution is 0.300. The number of nitrogens with zero attached hydrogens (tertiary/aromatic N) is 1. The maximum Gasteiger partial charge on any atom is 0.127 e. The van der Waals surface area contributed by atoms with Gasteiger partial charge < -0.3 is 10.1 Å². The summed E-state index contributed by atoms with van der Waals surface area (Å²) >= 11 is 0. The molecular weight excluding hydrogens is 248 g/mol. The summed E-state index contributed by atoms with van der Waals surface area (Å²) in [7, 11) is 0. The van der Waals surface area contributed by atoms with Gasteiger partial charge in [0.2, 0.25) is 0 Å². The van der Waals surface area contributed by atoms with Gasteiger partial charge in [0.05, 0.1) is 0 Å². The number of hydrogen-bond acceptors (Lipinski definition) is 3. The highest BCUT2D eigenvalue weighted by Crippen LogP contribution is 2.24. The molecule has 0 atom stereocenters. The molecule has 0 amide bonds. The number of para-hydroxylation sites is 1. The van der Waals surface area contributed by atoms with Crippen molar-refractivity contribution < 1.29 is 4.74 Å². The van der Waals surface area contributed by atoms with Crippen LogP contribution in [0.15, 0.2) is 42.7 Å². The highest BCUT2D eigenvalue weighted by atomic mass is 16.5. The van der Waals surface area contributed by atoms with Crippen molar-refractivity contribution in [3.8, 4) is 5.75 Å². The van der Waals surface area contributed by atoms with Gasteiger partial charge in [-0.05, 0) is 43.1 Å². The van der Waals surface area contributed by atoms with Crippen LogP contribution in [0.25, 0.3) is 0 Å². The Bertz CT molecular complexity index is 526. The largest absolute Gasteiger partial charge is 0.488 e. The first-order valence-corrected chi connectivity index (χ1v) is 7.12. The third-order valence-electron chi connectivity index (χ3n) is 3.17. The Labute approximate surface area is 121 Å². The third kappa shape index (κ3) is 4.07. The van der Waals surface area contributed by atoms with Gasteiger partial charge >= 0.3 is 0 Å². The SMILES string of the molecule is CCCNCc1cccc(C)c1OCc1ccncc1. The van der Waals surface area contributed by atoms with Crippen molar-refractivity contribution in [2.45, 2.75) is 33.4 Å². The zero-order valence-corrected chi connectivity index (χ0v) is 12.2. The van der Waals surface area contributed by atoms with E-state index in [1.807, 2.05) is 12.1 Å². The Morgan fingerprint density at radius 3 is 2.70 bits per heavy atom. The van der Waals surface area contributed by atoms with Crippen LogP contribution >= 0.6 is 0 Å². The van der Waals surface area contributed by atoms with Gasteiger partial charge in [-0.2, -0.15) is 0 Å². The second-order valence-electron chi connectivity index (χ2n) is 4.88. The Morgan fingerprint density at radius 1 is 1.15 bits per heavy atom. The van der Waals surface area contributed by atoms with E-state index in [0.717, 1.165) is 30.8 Å². The van der Waals surface area contributed by atoms with E-state index in [2.05, 4.69) is 42.3 Å². The minimum atomic E-state index is 0.578. The van der Waals surface area contributed by atoms with Crippen molar-refractivity contribution >= 4 is 0 Å². The second kappa shape index (κ2) is 7.65.